The van der Waals surface area contributed by atoms with Gasteiger partial charge in [-0.1, -0.05) is 53.0 Å². The number of nitrogens with one attached hydrogen (secondary N) is 1. The van der Waals surface area contributed by atoms with E-state index in [1.165, 1.54) is 0 Å². The summed E-state index contributed by atoms with van der Waals surface area (Å²) < 4.78 is 5.76. The van der Waals surface area contributed by atoms with Crippen molar-refractivity contribution in [2.45, 2.75) is 13.2 Å². The third-order valence-electron chi connectivity index (χ3n) is 3.77. The summed E-state index contributed by atoms with van der Waals surface area (Å²) in [4.78, 5) is 0. The Morgan fingerprint density at radius 3 is 2.22 bits per heavy atom. The zero-order chi connectivity index (χ0) is 19.1. The van der Waals surface area contributed by atoms with Crippen LogP contribution in [-0.2, 0) is 13.2 Å². The number of hydrogen-bond donors (Lipinski definition) is 1. The standard InChI is InChI=1S/C21H17Cl3N2O/c22-18-6-1-15(2-7-18)12-25-26-13-16-3-8-19(9-4-16)27-14-17-5-10-20(23)21(24)11-17/h1-11,13,25H,12,14H2/b26-13-. The van der Waals surface area contributed by atoms with Gasteiger partial charge in [-0.05, 0) is 65.2 Å². The molecule has 0 fully saturated rings. The highest BCUT2D eigenvalue weighted by Crippen LogP contribution is 2.23. The molecule has 0 saturated carbocycles. The molecule has 0 bridgehead atoms. The van der Waals surface area contributed by atoms with Crippen molar-refractivity contribution in [2.75, 3.05) is 0 Å². The van der Waals surface area contributed by atoms with E-state index < -0.39 is 0 Å². The Hall–Kier alpha value is -2.20. The molecule has 3 aromatic rings. The van der Waals surface area contributed by atoms with Crippen LogP contribution in [0.2, 0.25) is 15.1 Å². The number of rotatable bonds is 7. The lowest BCUT2D eigenvalue weighted by atomic mass is 10.2. The molecule has 6 heteroatoms. The molecule has 0 radical (unpaired) electrons. The van der Waals surface area contributed by atoms with Crippen LogP contribution < -0.4 is 10.2 Å². The SMILES string of the molecule is Clc1ccc(CN/N=C\c2ccc(OCc3ccc(Cl)c(Cl)c3)cc2)cc1. The van der Waals surface area contributed by atoms with Crippen molar-refractivity contribution in [1.29, 1.82) is 0 Å². The summed E-state index contributed by atoms with van der Waals surface area (Å²) in [5, 5.41) is 6.01. The van der Waals surface area contributed by atoms with Gasteiger partial charge in [0.05, 0.1) is 22.8 Å². The molecule has 0 aliphatic rings. The first-order valence-corrected chi connectivity index (χ1v) is 9.41. The van der Waals surface area contributed by atoms with Crippen molar-refractivity contribution in [3.05, 3.63) is 98.5 Å². The summed E-state index contributed by atoms with van der Waals surface area (Å²) in [6.07, 6.45) is 1.76. The van der Waals surface area contributed by atoms with E-state index in [4.69, 9.17) is 39.5 Å². The quantitative estimate of drug-likeness (QED) is 0.357. The van der Waals surface area contributed by atoms with Crippen molar-refractivity contribution in [2.24, 2.45) is 5.10 Å². The highest BCUT2D eigenvalue weighted by molar-refractivity contribution is 6.42. The minimum absolute atomic E-state index is 0.424. The van der Waals surface area contributed by atoms with E-state index >= 15 is 0 Å². The Bertz CT molecular complexity index is 910. The second-order valence-corrected chi connectivity index (χ2v) is 7.08. The van der Waals surface area contributed by atoms with Crippen molar-refractivity contribution in [3.8, 4) is 5.75 Å². The first-order chi connectivity index (χ1) is 13.1. The van der Waals surface area contributed by atoms with E-state index in [1.54, 1.807) is 18.3 Å². The fraction of sp³-hybridized carbons (Fsp3) is 0.0952. The number of hydrazone groups is 1. The Morgan fingerprint density at radius 2 is 1.52 bits per heavy atom. The summed E-state index contributed by atoms with van der Waals surface area (Å²) >= 11 is 17.8. The number of halogens is 3. The Kier molecular flexibility index (Phi) is 6.99. The topological polar surface area (TPSA) is 33.6 Å². The number of hydrogen-bond acceptors (Lipinski definition) is 3. The first-order valence-electron chi connectivity index (χ1n) is 8.27. The predicted octanol–water partition coefficient (Wildman–Crippen LogP) is 6.35. The van der Waals surface area contributed by atoms with Gasteiger partial charge in [-0.15, -0.1) is 0 Å². The highest BCUT2D eigenvalue weighted by Gasteiger charge is 2.01. The monoisotopic (exact) mass is 418 g/mol. The first kappa shape index (κ1) is 19.6. The third-order valence-corrected chi connectivity index (χ3v) is 4.76. The van der Waals surface area contributed by atoms with Crippen LogP contribution in [-0.4, -0.2) is 6.21 Å². The Balaban J connectivity index is 1.47. The van der Waals surface area contributed by atoms with Gasteiger partial charge in [-0.3, -0.25) is 0 Å². The summed E-state index contributed by atoms with van der Waals surface area (Å²) in [5.41, 5.74) is 6.06. The zero-order valence-electron chi connectivity index (χ0n) is 14.3. The van der Waals surface area contributed by atoms with Crippen LogP contribution in [0.15, 0.2) is 71.8 Å². The van der Waals surface area contributed by atoms with Crippen molar-refractivity contribution in [1.82, 2.24) is 5.43 Å². The largest absolute Gasteiger partial charge is 0.489 e. The lowest BCUT2D eigenvalue weighted by molar-refractivity contribution is 0.306. The molecule has 1 N–H and O–H groups in total. The van der Waals surface area contributed by atoms with Crippen LogP contribution in [0.5, 0.6) is 5.75 Å². The number of ether oxygens (including phenoxy) is 1. The van der Waals surface area contributed by atoms with Crippen LogP contribution in [0.4, 0.5) is 0 Å². The minimum atomic E-state index is 0.424. The molecule has 0 atom stereocenters. The number of benzene rings is 3. The van der Waals surface area contributed by atoms with E-state index in [9.17, 15) is 0 Å². The molecular weight excluding hydrogens is 403 g/mol. The van der Waals surface area contributed by atoms with Gasteiger partial charge in [0.15, 0.2) is 0 Å². The molecular formula is C21H17Cl3N2O. The summed E-state index contributed by atoms with van der Waals surface area (Å²) in [6, 6.07) is 20.8. The van der Waals surface area contributed by atoms with E-state index in [2.05, 4.69) is 10.5 Å². The zero-order valence-corrected chi connectivity index (χ0v) is 16.6. The van der Waals surface area contributed by atoms with Gasteiger partial charge in [-0.2, -0.15) is 5.10 Å². The predicted molar refractivity (Wildman–Crippen MR) is 113 cm³/mol. The van der Waals surface area contributed by atoms with Crippen LogP contribution >= 0.6 is 34.8 Å². The molecule has 0 spiro atoms. The lowest BCUT2D eigenvalue weighted by Gasteiger charge is -2.07. The molecule has 0 unspecified atom stereocenters. The maximum Gasteiger partial charge on any atom is 0.119 e. The highest BCUT2D eigenvalue weighted by atomic mass is 35.5. The molecule has 3 aromatic carbocycles. The van der Waals surface area contributed by atoms with Crippen molar-refractivity contribution < 1.29 is 4.74 Å². The second kappa shape index (κ2) is 9.65. The minimum Gasteiger partial charge on any atom is -0.489 e. The van der Waals surface area contributed by atoms with Crippen LogP contribution in [0.1, 0.15) is 16.7 Å². The molecule has 0 heterocycles. The van der Waals surface area contributed by atoms with E-state index in [0.717, 1.165) is 27.5 Å². The van der Waals surface area contributed by atoms with Gasteiger partial charge in [0.2, 0.25) is 0 Å². The molecule has 138 valence electrons. The van der Waals surface area contributed by atoms with Gasteiger partial charge in [0.25, 0.3) is 0 Å². The van der Waals surface area contributed by atoms with Crippen LogP contribution in [0.3, 0.4) is 0 Å². The maximum atomic E-state index is 6.01. The molecule has 3 rings (SSSR count). The average molecular weight is 420 g/mol. The van der Waals surface area contributed by atoms with E-state index in [1.807, 2.05) is 54.6 Å². The van der Waals surface area contributed by atoms with Crippen molar-refractivity contribution >= 4 is 41.0 Å². The fourth-order valence-corrected chi connectivity index (χ4v) is 2.75. The molecule has 0 aliphatic heterocycles. The molecule has 0 amide bonds. The van der Waals surface area contributed by atoms with Crippen LogP contribution in [0.25, 0.3) is 0 Å². The molecule has 0 saturated heterocycles. The van der Waals surface area contributed by atoms with Gasteiger partial charge >= 0.3 is 0 Å². The summed E-state index contributed by atoms with van der Waals surface area (Å²) in [7, 11) is 0. The molecule has 3 nitrogen and oxygen atoms in total. The Labute approximate surface area is 173 Å². The molecule has 0 aliphatic carbocycles. The second-order valence-electron chi connectivity index (χ2n) is 5.83. The third kappa shape index (κ3) is 6.17. The van der Waals surface area contributed by atoms with E-state index in [0.29, 0.717) is 23.2 Å². The van der Waals surface area contributed by atoms with Gasteiger partial charge in [0, 0.05) is 5.02 Å². The summed E-state index contributed by atoms with van der Waals surface area (Å²) in [6.45, 7) is 1.06. The summed E-state index contributed by atoms with van der Waals surface area (Å²) in [5.74, 6) is 0.771. The number of nitrogens with zero attached hydrogens (tertiary/aromatic N) is 1. The fourth-order valence-electron chi connectivity index (χ4n) is 2.31. The van der Waals surface area contributed by atoms with Crippen LogP contribution in [0, 0.1) is 0 Å². The molecule has 0 aromatic heterocycles. The van der Waals surface area contributed by atoms with Gasteiger partial charge in [0.1, 0.15) is 12.4 Å². The van der Waals surface area contributed by atoms with Gasteiger partial charge < -0.3 is 10.2 Å². The normalized spacial score (nSPS) is 10.9. The smallest absolute Gasteiger partial charge is 0.119 e. The molecule has 27 heavy (non-hydrogen) atoms. The Morgan fingerprint density at radius 1 is 0.815 bits per heavy atom. The maximum absolute atomic E-state index is 6.01. The lowest BCUT2D eigenvalue weighted by Crippen LogP contribution is -2.05. The van der Waals surface area contributed by atoms with E-state index in [-0.39, 0.29) is 0 Å². The van der Waals surface area contributed by atoms with Crippen molar-refractivity contribution in [3.63, 3.8) is 0 Å². The average Bonchev–Trinajstić information content (AvgIpc) is 2.68. The van der Waals surface area contributed by atoms with Gasteiger partial charge in [-0.25, -0.2) is 0 Å².